The van der Waals surface area contributed by atoms with E-state index in [9.17, 15) is 9.59 Å². The lowest BCUT2D eigenvalue weighted by atomic mass is 10.2. The molecular formula is C13H13ClO6. The lowest BCUT2D eigenvalue weighted by Gasteiger charge is -2.11. The normalized spacial score (nSPS) is 10.7. The summed E-state index contributed by atoms with van der Waals surface area (Å²) < 4.78 is 19.2. The van der Waals surface area contributed by atoms with Crippen molar-refractivity contribution in [2.24, 2.45) is 0 Å². The van der Waals surface area contributed by atoms with Gasteiger partial charge in [-0.2, -0.15) is 0 Å². The van der Waals surface area contributed by atoms with E-state index in [4.69, 9.17) is 21.1 Å². The summed E-state index contributed by atoms with van der Waals surface area (Å²) in [6.07, 6.45) is 1.06. The smallest absolute Gasteiger partial charge is 0.377 e. The van der Waals surface area contributed by atoms with Crippen LogP contribution >= 0.6 is 11.6 Å². The average Bonchev–Trinajstić information content (AvgIpc) is 2.46. The molecular weight excluding hydrogens is 288 g/mol. The highest BCUT2D eigenvalue weighted by atomic mass is 35.5. The van der Waals surface area contributed by atoms with E-state index in [1.807, 2.05) is 0 Å². The molecule has 0 atom stereocenters. The Hall–Kier alpha value is -2.21. The number of carbonyl (C=O) groups is 2. The monoisotopic (exact) mass is 300 g/mol. The van der Waals surface area contributed by atoms with Gasteiger partial charge < -0.3 is 18.9 Å². The summed E-state index contributed by atoms with van der Waals surface area (Å²) in [4.78, 5) is 23.1. The fourth-order valence-corrected chi connectivity index (χ4v) is 1.47. The first-order chi connectivity index (χ1) is 9.53. The third-order valence-corrected chi connectivity index (χ3v) is 2.41. The molecule has 0 N–H and O–H groups in total. The van der Waals surface area contributed by atoms with E-state index in [1.165, 1.54) is 39.5 Å². The Kier molecular flexibility index (Phi) is 5.86. The fraction of sp³-hybridized carbons (Fsp3) is 0.231. The maximum atomic E-state index is 11.6. The Labute approximate surface area is 120 Å². The van der Waals surface area contributed by atoms with E-state index >= 15 is 0 Å². The van der Waals surface area contributed by atoms with Gasteiger partial charge in [0, 0.05) is 5.02 Å². The molecule has 1 aromatic carbocycles. The Bertz CT molecular complexity index is 538. The molecule has 0 saturated heterocycles. The molecule has 0 spiro atoms. The van der Waals surface area contributed by atoms with Crippen LogP contribution in [0.4, 0.5) is 0 Å². The number of methoxy groups -OCH3 is 3. The maximum absolute atomic E-state index is 11.6. The topological polar surface area (TPSA) is 71.1 Å². The van der Waals surface area contributed by atoms with Gasteiger partial charge in [0.05, 0.1) is 21.3 Å². The number of carbonyl (C=O) groups excluding carboxylic acids is 2. The molecule has 0 fully saturated rings. The van der Waals surface area contributed by atoms with E-state index in [1.54, 1.807) is 0 Å². The Morgan fingerprint density at radius 3 is 2.40 bits per heavy atom. The molecule has 20 heavy (non-hydrogen) atoms. The van der Waals surface area contributed by atoms with Crippen molar-refractivity contribution in [3.8, 4) is 5.75 Å². The molecule has 0 radical (unpaired) electrons. The summed E-state index contributed by atoms with van der Waals surface area (Å²) in [5, 5.41) is 0.327. The van der Waals surface area contributed by atoms with Crippen molar-refractivity contribution in [2.45, 2.75) is 0 Å². The van der Waals surface area contributed by atoms with Crippen LogP contribution < -0.4 is 4.74 Å². The molecule has 0 aliphatic rings. The van der Waals surface area contributed by atoms with Crippen molar-refractivity contribution < 1.29 is 28.5 Å². The molecule has 108 valence electrons. The minimum Gasteiger partial charge on any atom is -0.500 e. The standard InChI is InChI=1S/C13H13ClO6/c1-17-7-11(13(16)19-3)20-10-5-4-8(14)6-9(10)12(15)18-2/h4-7H,1-3H3/b11-7+. The molecule has 6 nitrogen and oxygen atoms in total. The summed E-state index contributed by atoms with van der Waals surface area (Å²) in [5.74, 6) is -1.53. The van der Waals surface area contributed by atoms with Gasteiger partial charge in [-0.25, -0.2) is 9.59 Å². The largest absolute Gasteiger partial charge is 0.500 e. The van der Waals surface area contributed by atoms with Gasteiger partial charge in [-0.15, -0.1) is 0 Å². The molecule has 0 amide bonds. The molecule has 0 unspecified atom stereocenters. The zero-order valence-electron chi connectivity index (χ0n) is 11.1. The number of esters is 2. The lowest BCUT2D eigenvalue weighted by Crippen LogP contribution is -2.13. The number of hydrogen-bond acceptors (Lipinski definition) is 6. The molecule has 0 heterocycles. The van der Waals surface area contributed by atoms with Crippen molar-refractivity contribution in [1.29, 1.82) is 0 Å². The summed E-state index contributed by atoms with van der Waals surface area (Å²) in [5.41, 5.74) is 0.0749. The Balaban J connectivity index is 3.16. The SMILES string of the molecule is CO/C=C(/Oc1ccc(Cl)cc1C(=O)OC)C(=O)OC. The van der Waals surface area contributed by atoms with Crippen LogP contribution in [0.5, 0.6) is 5.75 Å². The predicted molar refractivity (Wildman–Crippen MR) is 70.5 cm³/mol. The quantitative estimate of drug-likeness (QED) is 0.471. The number of ether oxygens (including phenoxy) is 4. The van der Waals surface area contributed by atoms with Gasteiger partial charge in [0.25, 0.3) is 0 Å². The van der Waals surface area contributed by atoms with Gasteiger partial charge in [0.1, 0.15) is 17.6 Å². The molecule has 1 aromatic rings. The van der Waals surface area contributed by atoms with E-state index in [0.29, 0.717) is 5.02 Å². The average molecular weight is 301 g/mol. The molecule has 0 aliphatic heterocycles. The second-order valence-corrected chi connectivity index (χ2v) is 3.88. The van der Waals surface area contributed by atoms with Gasteiger partial charge in [0.15, 0.2) is 0 Å². The minimum absolute atomic E-state index is 0.0749. The summed E-state index contributed by atoms with van der Waals surface area (Å²) in [7, 11) is 3.76. The lowest BCUT2D eigenvalue weighted by molar-refractivity contribution is -0.138. The van der Waals surface area contributed by atoms with E-state index in [-0.39, 0.29) is 17.1 Å². The van der Waals surface area contributed by atoms with Crippen molar-refractivity contribution in [1.82, 2.24) is 0 Å². The van der Waals surface area contributed by atoms with Crippen LogP contribution in [-0.2, 0) is 19.0 Å². The maximum Gasteiger partial charge on any atom is 0.377 e. The molecule has 0 bridgehead atoms. The molecule has 0 aromatic heterocycles. The van der Waals surface area contributed by atoms with Gasteiger partial charge in [0.2, 0.25) is 5.76 Å². The van der Waals surface area contributed by atoms with Crippen molar-refractivity contribution in [3.05, 3.63) is 40.8 Å². The van der Waals surface area contributed by atoms with Gasteiger partial charge in [-0.1, -0.05) is 11.6 Å². The van der Waals surface area contributed by atoms with E-state index < -0.39 is 11.9 Å². The van der Waals surface area contributed by atoms with Crippen molar-refractivity contribution >= 4 is 23.5 Å². The molecule has 7 heteroatoms. The fourth-order valence-electron chi connectivity index (χ4n) is 1.30. The van der Waals surface area contributed by atoms with Crippen molar-refractivity contribution in [3.63, 3.8) is 0 Å². The summed E-state index contributed by atoms with van der Waals surface area (Å²) in [6.45, 7) is 0. The van der Waals surface area contributed by atoms with Crippen molar-refractivity contribution in [2.75, 3.05) is 21.3 Å². The molecule has 0 saturated carbocycles. The highest BCUT2D eigenvalue weighted by molar-refractivity contribution is 6.31. The first kappa shape index (κ1) is 15.8. The van der Waals surface area contributed by atoms with E-state index in [2.05, 4.69) is 9.47 Å². The molecule has 0 aliphatic carbocycles. The molecule has 1 rings (SSSR count). The third-order valence-electron chi connectivity index (χ3n) is 2.18. The number of hydrogen-bond donors (Lipinski definition) is 0. The second-order valence-electron chi connectivity index (χ2n) is 3.44. The van der Waals surface area contributed by atoms with Crippen LogP contribution in [0.15, 0.2) is 30.2 Å². The number of benzene rings is 1. The highest BCUT2D eigenvalue weighted by Gasteiger charge is 2.19. The van der Waals surface area contributed by atoms with Crippen LogP contribution in [0.2, 0.25) is 5.02 Å². The first-order valence-electron chi connectivity index (χ1n) is 5.40. The van der Waals surface area contributed by atoms with Gasteiger partial charge >= 0.3 is 11.9 Å². The Morgan fingerprint density at radius 2 is 1.85 bits per heavy atom. The van der Waals surface area contributed by atoms with Crippen LogP contribution in [-0.4, -0.2) is 33.3 Å². The third kappa shape index (κ3) is 3.89. The minimum atomic E-state index is -0.752. The Morgan fingerprint density at radius 1 is 1.15 bits per heavy atom. The zero-order valence-corrected chi connectivity index (χ0v) is 11.9. The summed E-state index contributed by atoms with van der Waals surface area (Å²) in [6, 6.07) is 4.30. The van der Waals surface area contributed by atoms with Crippen LogP contribution in [0.25, 0.3) is 0 Å². The number of rotatable bonds is 5. The van der Waals surface area contributed by atoms with Crippen LogP contribution in [0.3, 0.4) is 0 Å². The van der Waals surface area contributed by atoms with Gasteiger partial charge in [-0.3, -0.25) is 0 Å². The summed E-state index contributed by atoms with van der Waals surface area (Å²) >= 11 is 5.81. The zero-order chi connectivity index (χ0) is 15.1. The van der Waals surface area contributed by atoms with Crippen LogP contribution in [0, 0.1) is 0 Å². The highest BCUT2D eigenvalue weighted by Crippen LogP contribution is 2.25. The second kappa shape index (κ2) is 7.40. The van der Waals surface area contributed by atoms with Gasteiger partial charge in [-0.05, 0) is 18.2 Å². The first-order valence-corrected chi connectivity index (χ1v) is 5.78. The van der Waals surface area contributed by atoms with Crippen LogP contribution in [0.1, 0.15) is 10.4 Å². The number of halogens is 1. The predicted octanol–water partition coefficient (Wildman–Crippen LogP) is 2.17. The van der Waals surface area contributed by atoms with E-state index in [0.717, 1.165) is 6.26 Å².